The van der Waals surface area contributed by atoms with E-state index < -0.39 is 0 Å². The van der Waals surface area contributed by atoms with Crippen LogP contribution in [0.4, 0.5) is 0 Å². The number of carbonyl (C=O) groups is 1. The van der Waals surface area contributed by atoms with Crippen LogP contribution in [0.2, 0.25) is 5.02 Å². The van der Waals surface area contributed by atoms with Crippen molar-refractivity contribution in [2.24, 2.45) is 0 Å². The van der Waals surface area contributed by atoms with Gasteiger partial charge in [-0.3, -0.25) is 4.79 Å². The summed E-state index contributed by atoms with van der Waals surface area (Å²) in [5.74, 6) is 0.835. The Morgan fingerprint density at radius 2 is 2.10 bits per heavy atom. The zero-order chi connectivity index (χ0) is 14.5. The number of rotatable bonds is 5. The van der Waals surface area contributed by atoms with Crippen molar-refractivity contribution >= 4 is 33.8 Å². The second-order valence-corrected chi connectivity index (χ2v) is 5.41. The maximum atomic E-state index is 11.1. The van der Waals surface area contributed by atoms with Crippen molar-refractivity contribution in [2.75, 3.05) is 7.11 Å². The highest BCUT2D eigenvalue weighted by atomic mass is 79.9. The molecule has 0 amide bonds. The molecule has 0 bridgehead atoms. The summed E-state index contributed by atoms with van der Waals surface area (Å²) < 4.78 is 11.9. The van der Waals surface area contributed by atoms with Gasteiger partial charge in [-0.2, -0.15) is 0 Å². The molecule has 0 N–H and O–H groups in total. The Kier molecular flexibility index (Phi) is 5.04. The molecule has 0 saturated carbocycles. The van der Waals surface area contributed by atoms with Crippen LogP contribution in [0.1, 0.15) is 15.9 Å². The first-order valence-corrected chi connectivity index (χ1v) is 7.01. The van der Waals surface area contributed by atoms with Crippen LogP contribution < -0.4 is 9.47 Å². The number of hydrogen-bond acceptors (Lipinski definition) is 3. The van der Waals surface area contributed by atoms with Crippen LogP contribution in [0.5, 0.6) is 11.5 Å². The molecule has 0 aromatic heterocycles. The third-order valence-electron chi connectivity index (χ3n) is 2.67. The number of aldehydes is 1. The fraction of sp³-hybridized carbons (Fsp3) is 0.133. The molecule has 2 rings (SSSR count). The molecule has 0 aliphatic rings. The lowest BCUT2D eigenvalue weighted by Gasteiger charge is -2.13. The van der Waals surface area contributed by atoms with E-state index in [9.17, 15) is 4.79 Å². The summed E-state index contributed by atoms with van der Waals surface area (Å²) in [7, 11) is 1.51. The molecule has 0 unspecified atom stereocenters. The smallest absolute Gasteiger partial charge is 0.172 e. The first-order valence-electron chi connectivity index (χ1n) is 5.84. The van der Waals surface area contributed by atoms with Crippen molar-refractivity contribution in [2.45, 2.75) is 6.61 Å². The van der Waals surface area contributed by atoms with Crippen molar-refractivity contribution < 1.29 is 14.3 Å². The van der Waals surface area contributed by atoms with Crippen LogP contribution >= 0.6 is 27.5 Å². The fourth-order valence-corrected chi connectivity index (χ4v) is 2.43. The van der Waals surface area contributed by atoms with E-state index in [1.165, 1.54) is 7.11 Å². The minimum atomic E-state index is 0.332. The van der Waals surface area contributed by atoms with E-state index in [-0.39, 0.29) is 0 Å². The van der Waals surface area contributed by atoms with Gasteiger partial charge in [-0.05, 0) is 23.8 Å². The van der Waals surface area contributed by atoms with Gasteiger partial charge in [0.2, 0.25) is 0 Å². The third kappa shape index (κ3) is 3.52. The highest BCUT2D eigenvalue weighted by Gasteiger charge is 2.12. The van der Waals surface area contributed by atoms with Crippen LogP contribution in [0.15, 0.2) is 40.9 Å². The zero-order valence-corrected chi connectivity index (χ0v) is 13.1. The van der Waals surface area contributed by atoms with Gasteiger partial charge in [0.15, 0.2) is 17.8 Å². The summed E-state index contributed by atoms with van der Waals surface area (Å²) >= 11 is 9.32. The molecule has 0 aliphatic heterocycles. The van der Waals surface area contributed by atoms with E-state index >= 15 is 0 Å². The molecule has 2 aromatic rings. The van der Waals surface area contributed by atoms with E-state index in [1.807, 2.05) is 24.3 Å². The van der Waals surface area contributed by atoms with Crippen molar-refractivity contribution in [1.29, 1.82) is 0 Å². The molecule has 104 valence electrons. The molecule has 0 heterocycles. The topological polar surface area (TPSA) is 35.5 Å². The normalized spacial score (nSPS) is 10.2. The maximum absolute atomic E-state index is 11.1. The first kappa shape index (κ1) is 14.9. The van der Waals surface area contributed by atoms with Crippen LogP contribution in [0.25, 0.3) is 0 Å². The van der Waals surface area contributed by atoms with Crippen LogP contribution in [-0.2, 0) is 6.61 Å². The zero-order valence-electron chi connectivity index (χ0n) is 10.7. The molecule has 0 radical (unpaired) electrons. The summed E-state index contributed by atoms with van der Waals surface area (Å²) in [5.41, 5.74) is 1.34. The Morgan fingerprint density at radius 3 is 2.75 bits per heavy atom. The van der Waals surface area contributed by atoms with Gasteiger partial charge >= 0.3 is 0 Å². The molecule has 0 spiro atoms. The Bertz CT molecular complexity index is 629. The number of methoxy groups -OCH3 is 1. The van der Waals surface area contributed by atoms with Gasteiger partial charge < -0.3 is 9.47 Å². The lowest BCUT2D eigenvalue weighted by atomic mass is 10.2. The lowest BCUT2D eigenvalue weighted by Crippen LogP contribution is -2.01. The molecular weight excluding hydrogens is 344 g/mol. The largest absolute Gasteiger partial charge is 0.493 e. The SMILES string of the molecule is COc1cc(Cl)cc(C=O)c1OCc1cccc(Br)c1. The van der Waals surface area contributed by atoms with Gasteiger partial charge in [-0.25, -0.2) is 0 Å². The van der Waals surface area contributed by atoms with Gasteiger partial charge in [0, 0.05) is 15.6 Å². The lowest BCUT2D eigenvalue weighted by molar-refractivity contribution is 0.111. The predicted molar refractivity (Wildman–Crippen MR) is 81.9 cm³/mol. The number of halogens is 2. The average Bonchev–Trinajstić information content (AvgIpc) is 2.45. The van der Waals surface area contributed by atoms with Gasteiger partial charge in [0.05, 0.1) is 12.7 Å². The van der Waals surface area contributed by atoms with Crippen LogP contribution in [0.3, 0.4) is 0 Å². The quantitative estimate of drug-likeness (QED) is 0.741. The van der Waals surface area contributed by atoms with E-state index in [0.717, 1.165) is 10.0 Å². The van der Waals surface area contributed by atoms with E-state index in [0.29, 0.717) is 35.0 Å². The number of carbonyl (C=O) groups excluding carboxylic acids is 1. The summed E-state index contributed by atoms with van der Waals surface area (Å²) in [5, 5.41) is 0.429. The van der Waals surface area contributed by atoms with Crippen molar-refractivity contribution in [1.82, 2.24) is 0 Å². The van der Waals surface area contributed by atoms with Crippen molar-refractivity contribution in [3.8, 4) is 11.5 Å². The second kappa shape index (κ2) is 6.77. The second-order valence-electron chi connectivity index (χ2n) is 4.06. The number of ether oxygens (including phenoxy) is 2. The summed E-state index contributed by atoms with van der Waals surface area (Å²) in [4.78, 5) is 11.1. The monoisotopic (exact) mass is 354 g/mol. The van der Waals surface area contributed by atoms with Crippen molar-refractivity contribution in [3.63, 3.8) is 0 Å². The Balaban J connectivity index is 2.26. The molecule has 5 heteroatoms. The maximum Gasteiger partial charge on any atom is 0.172 e. The molecular formula is C15H12BrClO3. The minimum absolute atomic E-state index is 0.332. The Labute approximate surface area is 130 Å². The predicted octanol–water partition coefficient (Wildman–Crippen LogP) is 4.50. The van der Waals surface area contributed by atoms with Gasteiger partial charge in [0.25, 0.3) is 0 Å². The highest BCUT2D eigenvalue weighted by molar-refractivity contribution is 9.10. The Morgan fingerprint density at radius 1 is 1.30 bits per heavy atom. The summed E-state index contributed by atoms with van der Waals surface area (Å²) in [6.07, 6.45) is 0.699. The molecule has 0 atom stereocenters. The molecule has 3 nitrogen and oxygen atoms in total. The van der Waals surface area contributed by atoms with E-state index in [2.05, 4.69) is 15.9 Å². The molecule has 0 saturated heterocycles. The third-order valence-corrected chi connectivity index (χ3v) is 3.38. The molecule has 0 aliphatic carbocycles. The van der Waals surface area contributed by atoms with Gasteiger partial charge in [-0.15, -0.1) is 0 Å². The Hall–Kier alpha value is -1.52. The fourth-order valence-electron chi connectivity index (χ4n) is 1.76. The molecule has 0 fully saturated rings. The number of benzene rings is 2. The van der Waals surface area contributed by atoms with E-state index in [1.54, 1.807) is 12.1 Å². The van der Waals surface area contributed by atoms with Crippen LogP contribution in [0, 0.1) is 0 Å². The first-order chi connectivity index (χ1) is 9.63. The van der Waals surface area contributed by atoms with Gasteiger partial charge in [0.1, 0.15) is 6.61 Å². The van der Waals surface area contributed by atoms with Gasteiger partial charge in [-0.1, -0.05) is 39.7 Å². The minimum Gasteiger partial charge on any atom is -0.493 e. The van der Waals surface area contributed by atoms with Crippen molar-refractivity contribution in [3.05, 3.63) is 57.0 Å². The number of hydrogen-bond donors (Lipinski definition) is 0. The summed E-state index contributed by atoms with van der Waals surface area (Å²) in [6, 6.07) is 10.9. The average molecular weight is 356 g/mol. The molecule has 20 heavy (non-hydrogen) atoms. The van der Waals surface area contributed by atoms with Crippen LogP contribution in [-0.4, -0.2) is 13.4 Å². The standard InChI is InChI=1S/C15H12BrClO3/c1-19-14-7-13(17)6-11(8-18)15(14)20-9-10-3-2-4-12(16)5-10/h2-8H,9H2,1H3. The summed E-state index contributed by atoms with van der Waals surface area (Å²) in [6.45, 7) is 0.332. The highest BCUT2D eigenvalue weighted by Crippen LogP contribution is 2.34. The van der Waals surface area contributed by atoms with E-state index in [4.69, 9.17) is 21.1 Å². The molecule has 2 aromatic carbocycles.